The van der Waals surface area contributed by atoms with Crippen molar-refractivity contribution in [2.45, 2.75) is 6.54 Å². The molecule has 1 N–H and O–H groups in total. The van der Waals surface area contributed by atoms with Crippen LogP contribution in [0.2, 0.25) is 0 Å². The van der Waals surface area contributed by atoms with Crippen LogP contribution in [-0.4, -0.2) is 20.2 Å². The number of hydrogen-bond acceptors (Lipinski definition) is 3. The summed E-state index contributed by atoms with van der Waals surface area (Å²) in [7, 11) is 1.69. The second kappa shape index (κ2) is 5.75. The molecule has 1 aliphatic heterocycles. The highest BCUT2D eigenvalue weighted by atomic mass is 79.9. The Bertz CT molecular complexity index is 598. The molecule has 0 unspecified atom stereocenters. The van der Waals surface area contributed by atoms with Gasteiger partial charge in [-0.2, -0.15) is 0 Å². The minimum Gasteiger partial charge on any atom is -0.497 e. The molecule has 0 spiro atoms. The molecule has 3 rings (SSSR count). The van der Waals surface area contributed by atoms with Crippen molar-refractivity contribution in [3.05, 3.63) is 52.5 Å². The van der Waals surface area contributed by atoms with Crippen molar-refractivity contribution < 1.29 is 4.74 Å². The summed E-state index contributed by atoms with van der Waals surface area (Å²) in [4.78, 5) is 2.40. The summed E-state index contributed by atoms with van der Waals surface area (Å²) in [5.74, 6) is 0.900. The van der Waals surface area contributed by atoms with Crippen LogP contribution < -0.4 is 15.0 Å². The minimum absolute atomic E-state index is 0.900. The molecule has 1 aliphatic rings. The van der Waals surface area contributed by atoms with Gasteiger partial charge >= 0.3 is 0 Å². The van der Waals surface area contributed by atoms with E-state index >= 15 is 0 Å². The second-order valence-corrected chi connectivity index (χ2v) is 5.77. The smallest absolute Gasteiger partial charge is 0.118 e. The van der Waals surface area contributed by atoms with E-state index in [9.17, 15) is 0 Å². The van der Waals surface area contributed by atoms with Gasteiger partial charge in [-0.3, -0.25) is 0 Å². The fourth-order valence-electron chi connectivity index (χ4n) is 2.48. The van der Waals surface area contributed by atoms with Crippen LogP contribution in [0.15, 0.2) is 46.9 Å². The van der Waals surface area contributed by atoms with E-state index in [1.54, 1.807) is 7.11 Å². The Balaban J connectivity index is 1.83. The van der Waals surface area contributed by atoms with Gasteiger partial charge in [0.15, 0.2) is 0 Å². The minimum atomic E-state index is 0.900. The van der Waals surface area contributed by atoms with Gasteiger partial charge in [-0.25, -0.2) is 0 Å². The number of fused-ring (bicyclic) bond motifs is 1. The Labute approximate surface area is 127 Å². The molecule has 2 aromatic carbocycles. The Morgan fingerprint density at radius 3 is 2.75 bits per heavy atom. The molecule has 0 aromatic heterocycles. The first-order valence-corrected chi connectivity index (χ1v) is 7.47. The summed E-state index contributed by atoms with van der Waals surface area (Å²) in [6.07, 6.45) is 0. The standard InChI is InChI=1S/C16H17BrN2O/c1-20-14-5-2-12(3-6-14)11-19-9-8-18-15-7-4-13(17)10-16(15)19/h2-7,10,18H,8-9,11H2,1H3. The molecule has 20 heavy (non-hydrogen) atoms. The summed E-state index contributed by atoms with van der Waals surface area (Å²) in [6, 6.07) is 14.6. The number of benzene rings is 2. The largest absolute Gasteiger partial charge is 0.497 e. The van der Waals surface area contributed by atoms with Crippen molar-refractivity contribution in [3.8, 4) is 5.75 Å². The zero-order chi connectivity index (χ0) is 13.9. The monoisotopic (exact) mass is 332 g/mol. The molecular formula is C16H17BrN2O. The topological polar surface area (TPSA) is 24.5 Å². The van der Waals surface area contributed by atoms with E-state index < -0.39 is 0 Å². The third-order valence-electron chi connectivity index (χ3n) is 3.53. The van der Waals surface area contributed by atoms with Crippen LogP contribution in [-0.2, 0) is 6.54 Å². The summed E-state index contributed by atoms with van der Waals surface area (Å²) in [5, 5.41) is 3.44. The van der Waals surface area contributed by atoms with Gasteiger partial charge in [-0.15, -0.1) is 0 Å². The lowest BCUT2D eigenvalue weighted by molar-refractivity contribution is 0.414. The van der Waals surface area contributed by atoms with Crippen molar-refractivity contribution in [1.82, 2.24) is 0 Å². The zero-order valence-electron chi connectivity index (χ0n) is 11.4. The van der Waals surface area contributed by atoms with Gasteiger partial charge < -0.3 is 15.0 Å². The van der Waals surface area contributed by atoms with E-state index in [2.05, 4.69) is 56.5 Å². The van der Waals surface area contributed by atoms with Crippen LogP contribution in [0.5, 0.6) is 5.75 Å². The van der Waals surface area contributed by atoms with Gasteiger partial charge in [0, 0.05) is 24.1 Å². The van der Waals surface area contributed by atoms with Crippen molar-refractivity contribution in [2.24, 2.45) is 0 Å². The molecule has 0 atom stereocenters. The van der Waals surface area contributed by atoms with Crippen LogP contribution in [0.1, 0.15) is 5.56 Å². The Kier molecular flexibility index (Phi) is 3.83. The van der Waals surface area contributed by atoms with Crippen LogP contribution in [0.3, 0.4) is 0 Å². The number of nitrogens with zero attached hydrogens (tertiary/aromatic N) is 1. The maximum absolute atomic E-state index is 5.20. The normalized spacial score (nSPS) is 13.6. The molecule has 3 nitrogen and oxygen atoms in total. The number of halogens is 1. The summed E-state index contributed by atoms with van der Waals surface area (Å²) >= 11 is 3.55. The molecule has 4 heteroatoms. The molecule has 0 saturated heterocycles. The predicted octanol–water partition coefficient (Wildman–Crippen LogP) is 3.89. The lowest BCUT2D eigenvalue weighted by Crippen LogP contribution is -2.33. The van der Waals surface area contributed by atoms with E-state index in [-0.39, 0.29) is 0 Å². The molecule has 2 aromatic rings. The van der Waals surface area contributed by atoms with Crippen LogP contribution in [0.25, 0.3) is 0 Å². The summed E-state index contributed by atoms with van der Waals surface area (Å²) in [5.41, 5.74) is 3.74. The van der Waals surface area contributed by atoms with E-state index in [1.165, 1.54) is 16.9 Å². The Morgan fingerprint density at radius 1 is 1.20 bits per heavy atom. The quantitative estimate of drug-likeness (QED) is 0.922. The van der Waals surface area contributed by atoms with Crippen molar-refractivity contribution >= 4 is 27.3 Å². The van der Waals surface area contributed by atoms with E-state index in [1.807, 2.05) is 12.1 Å². The van der Waals surface area contributed by atoms with Crippen LogP contribution in [0, 0.1) is 0 Å². The number of rotatable bonds is 3. The van der Waals surface area contributed by atoms with Gasteiger partial charge in [-0.05, 0) is 35.9 Å². The lowest BCUT2D eigenvalue weighted by Gasteiger charge is -2.32. The molecular weight excluding hydrogens is 316 g/mol. The first kappa shape index (κ1) is 13.3. The molecule has 104 valence electrons. The maximum atomic E-state index is 5.20. The molecule has 0 bridgehead atoms. The summed E-state index contributed by atoms with van der Waals surface area (Å²) in [6.45, 7) is 2.90. The average molecular weight is 333 g/mol. The van der Waals surface area contributed by atoms with Gasteiger partial charge in [0.05, 0.1) is 18.5 Å². The van der Waals surface area contributed by atoms with Gasteiger partial charge in [0.1, 0.15) is 5.75 Å². The second-order valence-electron chi connectivity index (χ2n) is 4.86. The molecule has 0 aliphatic carbocycles. The van der Waals surface area contributed by atoms with Crippen LogP contribution >= 0.6 is 15.9 Å². The van der Waals surface area contributed by atoms with E-state index in [4.69, 9.17) is 4.74 Å². The average Bonchev–Trinajstić information content (AvgIpc) is 2.49. The van der Waals surface area contributed by atoms with Crippen molar-refractivity contribution in [1.29, 1.82) is 0 Å². The van der Waals surface area contributed by atoms with Crippen LogP contribution in [0.4, 0.5) is 11.4 Å². The third-order valence-corrected chi connectivity index (χ3v) is 4.02. The number of anilines is 2. The molecule has 0 radical (unpaired) electrons. The lowest BCUT2D eigenvalue weighted by atomic mass is 10.1. The Hall–Kier alpha value is -1.68. The first-order valence-electron chi connectivity index (χ1n) is 6.67. The van der Waals surface area contributed by atoms with E-state index in [0.717, 1.165) is 29.9 Å². The predicted molar refractivity (Wildman–Crippen MR) is 86.7 cm³/mol. The third kappa shape index (κ3) is 2.75. The first-order chi connectivity index (χ1) is 9.76. The Morgan fingerprint density at radius 2 is 2.00 bits per heavy atom. The molecule has 0 fully saturated rings. The number of ether oxygens (including phenoxy) is 1. The molecule has 0 amide bonds. The molecule has 1 heterocycles. The molecule has 0 saturated carbocycles. The zero-order valence-corrected chi connectivity index (χ0v) is 13.0. The van der Waals surface area contributed by atoms with Gasteiger partial charge in [0.25, 0.3) is 0 Å². The highest BCUT2D eigenvalue weighted by molar-refractivity contribution is 9.10. The number of nitrogens with one attached hydrogen (secondary N) is 1. The highest BCUT2D eigenvalue weighted by Crippen LogP contribution is 2.32. The summed E-state index contributed by atoms with van der Waals surface area (Å²) < 4.78 is 6.31. The van der Waals surface area contributed by atoms with Gasteiger partial charge in [0.2, 0.25) is 0 Å². The van der Waals surface area contributed by atoms with Crippen molar-refractivity contribution in [3.63, 3.8) is 0 Å². The van der Waals surface area contributed by atoms with Crippen molar-refractivity contribution in [2.75, 3.05) is 30.4 Å². The fourth-order valence-corrected chi connectivity index (χ4v) is 2.83. The van der Waals surface area contributed by atoms with E-state index in [0.29, 0.717) is 0 Å². The SMILES string of the molecule is COc1ccc(CN2CCNc3ccc(Br)cc32)cc1. The number of methoxy groups -OCH3 is 1. The fraction of sp³-hybridized carbons (Fsp3) is 0.250. The highest BCUT2D eigenvalue weighted by Gasteiger charge is 2.16. The van der Waals surface area contributed by atoms with Gasteiger partial charge in [-0.1, -0.05) is 28.1 Å². The maximum Gasteiger partial charge on any atom is 0.118 e. The number of hydrogen-bond donors (Lipinski definition) is 1.